The molecule has 7 heteroatoms. The van der Waals surface area contributed by atoms with Gasteiger partial charge in [-0.25, -0.2) is 8.42 Å². The molecular weight excluding hydrogens is 222 g/mol. The van der Waals surface area contributed by atoms with Crippen molar-refractivity contribution in [1.82, 2.24) is 10.4 Å². The number of amidine groups is 1. The van der Waals surface area contributed by atoms with Gasteiger partial charge in [-0.05, 0) is 30.2 Å². The van der Waals surface area contributed by atoms with Crippen molar-refractivity contribution in [3.05, 3.63) is 10.6 Å². The summed E-state index contributed by atoms with van der Waals surface area (Å²) in [5, 5.41) is 3.47. The second-order valence-electron chi connectivity index (χ2n) is 3.46. The van der Waals surface area contributed by atoms with Crippen LogP contribution in [0.2, 0.25) is 0 Å². The first kappa shape index (κ1) is 8.60. The van der Waals surface area contributed by atoms with Gasteiger partial charge in [-0.2, -0.15) is 0 Å². The van der Waals surface area contributed by atoms with Crippen LogP contribution in [0.4, 0.5) is 0 Å². The van der Waals surface area contributed by atoms with E-state index in [2.05, 4.69) is 9.82 Å². The molecule has 0 aromatic carbocycles. The van der Waals surface area contributed by atoms with Crippen molar-refractivity contribution in [2.75, 3.05) is 12.3 Å². The number of thioether (sulfide) groups is 1. The Morgan fingerprint density at radius 2 is 2.21 bits per heavy atom. The quantitative estimate of drug-likeness (QED) is 0.647. The SMILES string of the molecule is O=S1(=O)CCN2NC(=C3CC3)SC2=N1. The van der Waals surface area contributed by atoms with E-state index in [1.807, 2.05) is 5.01 Å². The Morgan fingerprint density at radius 3 is 2.93 bits per heavy atom. The number of nitrogens with one attached hydrogen (secondary N) is 1. The van der Waals surface area contributed by atoms with E-state index >= 15 is 0 Å². The highest BCUT2D eigenvalue weighted by Gasteiger charge is 2.34. The number of hydrogen-bond donors (Lipinski definition) is 1. The van der Waals surface area contributed by atoms with Crippen LogP contribution in [0.3, 0.4) is 0 Å². The van der Waals surface area contributed by atoms with E-state index in [0.717, 1.165) is 17.9 Å². The molecule has 0 aromatic heterocycles. The van der Waals surface area contributed by atoms with E-state index in [9.17, 15) is 8.42 Å². The first-order chi connectivity index (χ1) is 6.64. The summed E-state index contributed by atoms with van der Waals surface area (Å²) in [6, 6.07) is 0. The maximum Gasteiger partial charge on any atom is 0.257 e. The lowest BCUT2D eigenvalue weighted by Gasteiger charge is -2.20. The summed E-state index contributed by atoms with van der Waals surface area (Å²) in [6.07, 6.45) is 2.26. The van der Waals surface area contributed by atoms with Gasteiger partial charge in [0.1, 0.15) is 0 Å². The van der Waals surface area contributed by atoms with Crippen molar-refractivity contribution >= 4 is 27.0 Å². The summed E-state index contributed by atoms with van der Waals surface area (Å²) in [5.41, 5.74) is 4.55. The maximum atomic E-state index is 11.2. The van der Waals surface area contributed by atoms with Crippen LogP contribution in [0, 0.1) is 0 Å². The lowest BCUT2D eigenvalue weighted by Crippen LogP contribution is -2.40. The molecule has 0 atom stereocenters. The minimum atomic E-state index is -3.20. The van der Waals surface area contributed by atoms with Crippen LogP contribution in [0.1, 0.15) is 12.8 Å². The van der Waals surface area contributed by atoms with Crippen molar-refractivity contribution in [3.63, 3.8) is 0 Å². The summed E-state index contributed by atoms with van der Waals surface area (Å²) >= 11 is 1.43. The molecule has 2 aliphatic heterocycles. The molecule has 3 rings (SSSR count). The molecule has 76 valence electrons. The number of allylic oxidation sites excluding steroid dienone is 1. The second kappa shape index (κ2) is 2.66. The highest BCUT2D eigenvalue weighted by atomic mass is 32.2. The van der Waals surface area contributed by atoms with Gasteiger partial charge in [-0.3, -0.25) is 10.4 Å². The van der Waals surface area contributed by atoms with E-state index < -0.39 is 10.0 Å². The lowest BCUT2D eigenvalue weighted by atomic mass is 10.6. The summed E-state index contributed by atoms with van der Waals surface area (Å²) in [4.78, 5) is 0. The second-order valence-corrected chi connectivity index (χ2v) is 6.19. The number of rotatable bonds is 0. The van der Waals surface area contributed by atoms with Crippen molar-refractivity contribution in [1.29, 1.82) is 0 Å². The fraction of sp³-hybridized carbons (Fsp3) is 0.571. The van der Waals surface area contributed by atoms with Crippen LogP contribution in [0.5, 0.6) is 0 Å². The number of nitrogens with zero attached hydrogens (tertiary/aromatic N) is 2. The van der Waals surface area contributed by atoms with Crippen molar-refractivity contribution < 1.29 is 8.42 Å². The third kappa shape index (κ3) is 1.40. The minimum absolute atomic E-state index is 0.104. The molecule has 0 radical (unpaired) electrons. The van der Waals surface area contributed by atoms with Gasteiger partial charge >= 0.3 is 0 Å². The first-order valence-electron chi connectivity index (χ1n) is 4.41. The molecule has 5 nitrogen and oxygen atoms in total. The van der Waals surface area contributed by atoms with E-state index in [0.29, 0.717) is 11.7 Å². The van der Waals surface area contributed by atoms with Gasteiger partial charge in [-0.15, -0.1) is 4.40 Å². The Kier molecular flexibility index (Phi) is 1.64. The average Bonchev–Trinajstić information content (AvgIpc) is 2.86. The highest BCUT2D eigenvalue weighted by molar-refractivity contribution is 8.18. The zero-order valence-electron chi connectivity index (χ0n) is 7.36. The topological polar surface area (TPSA) is 61.8 Å². The van der Waals surface area contributed by atoms with Gasteiger partial charge in [0.15, 0.2) is 0 Å². The third-order valence-electron chi connectivity index (χ3n) is 2.27. The molecule has 2 heterocycles. The van der Waals surface area contributed by atoms with E-state index in [1.54, 1.807) is 0 Å². The molecule has 1 aliphatic carbocycles. The molecule has 3 aliphatic rings. The highest BCUT2D eigenvalue weighted by Crippen LogP contribution is 2.39. The summed E-state index contributed by atoms with van der Waals surface area (Å²) in [6.45, 7) is 0.491. The fourth-order valence-corrected chi connectivity index (χ4v) is 3.64. The third-order valence-corrected chi connectivity index (χ3v) is 4.62. The molecule has 0 unspecified atom stereocenters. The van der Waals surface area contributed by atoms with Crippen molar-refractivity contribution in [2.45, 2.75) is 12.8 Å². The molecule has 1 N–H and O–H groups in total. The van der Waals surface area contributed by atoms with Gasteiger partial charge in [-0.1, -0.05) is 0 Å². The van der Waals surface area contributed by atoms with Crippen LogP contribution in [-0.4, -0.2) is 30.9 Å². The van der Waals surface area contributed by atoms with Crippen molar-refractivity contribution in [2.24, 2.45) is 4.40 Å². The van der Waals surface area contributed by atoms with Crippen LogP contribution in [0.25, 0.3) is 0 Å². The van der Waals surface area contributed by atoms with Gasteiger partial charge in [0.05, 0.1) is 17.3 Å². The van der Waals surface area contributed by atoms with E-state index in [4.69, 9.17) is 0 Å². The molecule has 0 aromatic rings. The summed E-state index contributed by atoms with van der Waals surface area (Å²) < 4.78 is 26.1. The Morgan fingerprint density at radius 1 is 1.43 bits per heavy atom. The smallest absolute Gasteiger partial charge is 0.257 e. The number of sulfonamides is 1. The van der Waals surface area contributed by atoms with E-state index in [-0.39, 0.29) is 5.75 Å². The largest absolute Gasteiger partial charge is 0.290 e. The van der Waals surface area contributed by atoms with E-state index in [1.165, 1.54) is 17.3 Å². The number of hydrogen-bond acceptors (Lipinski definition) is 5. The molecule has 1 saturated carbocycles. The minimum Gasteiger partial charge on any atom is -0.290 e. The number of hydrazine groups is 1. The van der Waals surface area contributed by atoms with Crippen LogP contribution in [-0.2, 0) is 10.0 Å². The van der Waals surface area contributed by atoms with Crippen LogP contribution >= 0.6 is 11.8 Å². The zero-order chi connectivity index (χ0) is 9.76. The Labute approximate surface area is 86.3 Å². The summed E-state index contributed by atoms with van der Waals surface area (Å²) in [7, 11) is -3.20. The van der Waals surface area contributed by atoms with Gasteiger partial charge in [0, 0.05) is 0 Å². The molecular formula is C7H9N3O2S2. The molecule has 0 spiro atoms. The number of fused-ring (bicyclic) bond motifs is 1. The lowest BCUT2D eigenvalue weighted by molar-refractivity contribution is 0.383. The normalized spacial score (nSPS) is 28.3. The maximum absolute atomic E-state index is 11.2. The van der Waals surface area contributed by atoms with Crippen molar-refractivity contribution in [3.8, 4) is 0 Å². The molecule has 14 heavy (non-hydrogen) atoms. The molecule has 2 fully saturated rings. The van der Waals surface area contributed by atoms with Gasteiger partial charge in [0.2, 0.25) is 5.17 Å². The predicted molar refractivity (Wildman–Crippen MR) is 54.9 cm³/mol. The average molecular weight is 231 g/mol. The fourth-order valence-electron chi connectivity index (χ4n) is 1.37. The van der Waals surface area contributed by atoms with Crippen LogP contribution < -0.4 is 5.43 Å². The predicted octanol–water partition coefficient (Wildman–Crippen LogP) is 0.245. The van der Waals surface area contributed by atoms with Gasteiger partial charge in [0.25, 0.3) is 10.0 Å². The Bertz CT molecular complexity index is 446. The standard InChI is InChI=1S/C7H9N3O2S2/c11-14(12)4-3-10-7(9-14)13-6(8-10)5-1-2-5/h8H,1-4H2. The monoisotopic (exact) mass is 231 g/mol. The zero-order valence-corrected chi connectivity index (χ0v) is 8.99. The Hall–Kier alpha value is -0.690. The van der Waals surface area contributed by atoms with Gasteiger partial charge < -0.3 is 0 Å². The van der Waals surface area contributed by atoms with Crippen LogP contribution in [0.15, 0.2) is 15.0 Å². The Balaban J connectivity index is 1.96. The first-order valence-corrected chi connectivity index (χ1v) is 6.83. The summed E-state index contributed by atoms with van der Waals surface area (Å²) in [5.74, 6) is 0.104. The molecule has 1 saturated heterocycles. The molecule has 0 amide bonds. The molecule has 0 bridgehead atoms.